The van der Waals surface area contributed by atoms with E-state index in [2.05, 4.69) is 219 Å². The van der Waals surface area contributed by atoms with Crippen molar-refractivity contribution in [2.45, 2.75) is 24.7 Å². The smallest absolute Gasteiger partial charge is 0.0714 e. The van der Waals surface area contributed by atoms with Crippen LogP contribution in [-0.4, -0.2) is 0 Å². The fourth-order valence-corrected chi connectivity index (χ4v) is 9.99. The zero-order valence-corrected chi connectivity index (χ0v) is 31.0. The van der Waals surface area contributed by atoms with Gasteiger partial charge in [0.05, 0.1) is 5.41 Å². The highest BCUT2D eigenvalue weighted by Gasteiger charge is 2.46. The average molecular weight is 702 g/mol. The van der Waals surface area contributed by atoms with Crippen LogP contribution < -0.4 is 4.90 Å². The molecule has 0 amide bonds. The summed E-state index contributed by atoms with van der Waals surface area (Å²) in [4.78, 5) is 2.48. The highest BCUT2D eigenvalue weighted by molar-refractivity contribution is 6.08. The average Bonchev–Trinajstić information content (AvgIpc) is 3.67. The standard InChI is InChI=1S/C54H39N/c1-53(2)49-23-13-11-21-45(49)47-31-28-41(34-51(47)53)55(40-27-30-44-37(33-40)26-25-36-15-9-10-20-43(36)44)42-29-32-48-46-22-12-14-24-50(46)54(52(48)35-42,38-16-5-3-6-17-38)39-18-7-4-8-19-39/h3-35H,1-2H3. The van der Waals surface area contributed by atoms with E-state index in [1.807, 2.05) is 0 Å². The Kier molecular flexibility index (Phi) is 6.88. The van der Waals surface area contributed by atoms with E-state index < -0.39 is 5.41 Å². The molecule has 2 aliphatic carbocycles. The lowest BCUT2D eigenvalue weighted by Gasteiger charge is -2.35. The van der Waals surface area contributed by atoms with Crippen LogP contribution >= 0.6 is 0 Å². The second kappa shape index (κ2) is 11.9. The van der Waals surface area contributed by atoms with Crippen molar-refractivity contribution in [1.82, 2.24) is 0 Å². The summed E-state index contributed by atoms with van der Waals surface area (Å²) in [6, 6.07) is 74.6. The third kappa shape index (κ3) is 4.53. The predicted molar refractivity (Wildman–Crippen MR) is 231 cm³/mol. The Labute approximate surface area is 322 Å². The van der Waals surface area contributed by atoms with Gasteiger partial charge in [0, 0.05) is 22.5 Å². The van der Waals surface area contributed by atoms with Crippen LogP contribution in [0, 0.1) is 0 Å². The van der Waals surface area contributed by atoms with Gasteiger partial charge in [-0.15, -0.1) is 0 Å². The Morgan fingerprint density at radius 1 is 0.327 bits per heavy atom. The van der Waals surface area contributed by atoms with Crippen LogP contribution in [0.5, 0.6) is 0 Å². The maximum atomic E-state index is 2.48. The fourth-order valence-electron chi connectivity index (χ4n) is 9.99. The number of hydrogen-bond donors (Lipinski definition) is 0. The van der Waals surface area contributed by atoms with Gasteiger partial charge < -0.3 is 4.90 Å². The Morgan fingerprint density at radius 3 is 1.51 bits per heavy atom. The minimum atomic E-state index is -0.486. The molecule has 2 aliphatic rings. The largest absolute Gasteiger partial charge is 0.310 e. The summed E-state index contributed by atoms with van der Waals surface area (Å²) in [6.45, 7) is 4.74. The fraction of sp³-hybridized carbons (Fsp3) is 0.0741. The number of fused-ring (bicyclic) bond motifs is 9. The van der Waals surface area contributed by atoms with Gasteiger partial charge in [-0.05, 0) is 114 Å². The van der Waals surface area contributed by atoms with Crippen molar-refractivity contribution in [2.75, 3.05) is 4.90 Å². The quantitative estimate of drug-likeness (QED) is 0.162. The van der Waals surface area contributed by atoms with Gasteiger partial charge in [0.1, 0.15) is 0 Å². The van der Waals surface area contributed by atoms with Crippen LogP contribution in [0.25, 0.3) is 43.8 Å². The van der Waals surface area contributed by atoms with Crippen LogP contribution in [0.15, 0.2) is 200 Å². The molecule has 0 spiro atoms. The molecule has 0 atom stereocenters. The lowest BCUT2D eigenvalue weighted by molar-refractivity contribution is 0.660. The second-order valence-electron chi connectivity index (χ2n) is 15.7. The summed E-state index contributed by atoms with van der Waals surface area (Å²) in [5, 5.41) is 5.04. The normalized spacial score (nSPS) is 14.3. The minimum Gasteiger partial charge on any atom is -0.310 e. The van der Waals surface area contributed by atoms with Gasteiger partial charge in [0.25, 0.3) is 0 Å². The molecule has 0 aromatic heterocycles. The molecule has 0 saturated carbocycles. The Balaban J connectivity index is 1.18. The zero-order chi connectivity index (χ0) is 36.7. The van der Waals surface area contributed by atoms with E-state index in [0.717, 1.165) is 17.1 Å². The number of nitrogens with zero attached hydrogens (tertiary/aromatic N) is 1. The van der Waals surface area contributed by atoms with Gasteiger partial charge >= 0.3 is 0 Å². The van der Waals surface area contributed by atoms with E-state index in [1.165, 1.54) is 77.2 Å². The molecule has 0 fully saturated rings. The van der Waals surface area contributed by atoms with Crippen molar-refractivity contribution in [3.63, 3.8) is 0 Å². The Hall–Kier alpha value is -6.70. The first kappa shape index (κ1) is 31.8. The molecule has 1 nitrogen and oxygen atoms in total. The molecule has 0 bridgehead atoms. The maximum Gasteiger partial charge on any atom is 0.0714 e. The molecular weight excluding hydrogens is 663 g/mol. The van der Waals surface area contributed by atoms with Crippen LogP contribution in [0.1, 0.15) is 47.2 Å². The molecule has 9 aromatic carbocycles. The van der Waals surface area contributed by atoms with E-state index >= 15 is 0 Å². The summed E-state index contributed by atoms with van der Waals surface area (Å²) in [7, 11) is 0. The van der Waals surface area contributed by atoms with Gasteiger partial charge in [-0.2, -0.15) is 0 Å². The second-order valence-corrected chi connectivity index (χ2v) is 15.7. The molecule has 0 heterocycles. The van der Waals surface area contributed by atoms with Gasteiger partial charge in [-0.25, -0.2) is 0 Å². The van der Waals surface area contributed by atoms with Crippen LogP contribution in [0.4, 0.5) is 17.1 Å². The van der Waals surface area contributed by atoms with Crippen molar-refractivity contribution < 1.29 is 0 Å². The highest BCUT2D eigenvalue weighted by Crippen LogP contribution is 2.58. The number of benzene rings is 9. The van der Waals surface area contributed by atoms with Gasteiger partial charge in [0.15, 0.2) is 0 Å². The van der Waals surface area contributed by atoms with Crippen LogP contribution in [0.2, 0.25) is 0 Å². The van der Waals surface area contributed by atoms with Crippen molar-refractivity contribution in [3.05, 3.63) is 234 Å². The molecular formula is C54H39N. The van der Waals surface area contributed by atoms with E-state index in [0.29, 0.717) is 0 Å². The summed E-state index contributed by atoms with van der Waals surface area (Å²) >= 11 is 0. The summed E-state index contributed by atoms with van der Waals surface area (Å²) in [5.41, 5.74) is 16.0. The monoisotopic (exact) mass is 701 g/mol. The lowest BCUT2D eigenvalue weighted by Crippen LogP contribution is -2.28. The highest BCUT2D eigenvalue weighted by atomic mass is 15.1. The van der Waals surface area contributed by atoms with E-state index in [9.17, 15) is 0 Å². The van der Waals surface area contributed by atoms with Crippen molar-refractivity contribution >= 4 is 38.6 Å². The summed E-state index contributed by atoms with van der Waals surface area (Å²) in [5.74, 6) is 0. The molecule has 11 rings (SSSR count). The Bertz CT molecular complexity index is 2920. The SMILES string of the molecule is CC1(C)c2ccccc2-c2ccc(N(c3ccc4c(c3)C(c3ccccc3)(c3ccccc3)c3ccccc3-4)c3ccc4c(ccc5ccccc54)c3)cc21. The molecule has 1 heteroatoms. The van der Waals surface area contributed by atoms with E-state index in [4.69, 9.17) is 0 Å². The molecule has 0 saturated heterocycles. The number of rotatable bonds is 5. The molecule has 0 radical (unpaired) electrons. The third-order valence-corrected chi connectivity index (χ3v) is 12.5. The van der Waals surface area contributed by atoms with Gasteiger partial charge in [0.2, 0.25) is 0 Å². The topological polar surface area (TPSA) is 3.24 Å². The number of anilines is 3. The minimum absolute atomic E-state index is 0.120. The van der Waals surface area contributed by atoms with Crippen LogP contribution in [0.3, 0.4) is 0 Å². The maximum absolute atomic E-state index is 2.48. The summed E-state index contributed by atoms with van der Waals surface area (Å²) < 4.78 is 0. The summed E-state index contributed by atoms with van der Waals surface area (Å²) in [6.07, 6.45) is 0. The first-order chi connectivity index (χ1) is 27.0. The molecule has 55 heavy (non-hydrogen) atoms. The molecule has 0 unspecified atom stereocenters. The zero-order valence-electron chi connectivity index (χ0n) is 31.0. The Morgan fingerprint density at radius 2 is 0.800 bits per heavy atom. The molecule has 9 aromatic rings. The molecule has 260 valence electrons. The van der Waals surface area contributed by atoms with Gasteiger partial charge in [-0.1, -0.05) is 178 Å². The van der Waals surface area contributed by atoms with E-state index in [-0.39, 0.29) is 5.41 Å². The first-order valence-corrected chi connectivity index (χ1v) is 19.3. The first-order valence-electron chi connectivity index (χ1n) is 19.3. The third-order valence-electron chi connectivity index (χ3n) is 12.5. The lowest BCUT2D eigenvalue weighted by atomic mass is 9.67. The van der Waals surface area contributed by atoms with Crippen LogP contribution in [-0.2, 0) is 10.8 Å². The van der Waals surface area contributed by atoms with Crippen molar-refractivity contribution in [3.8, 4) is 22.3 Å². The van der Waals surface area contributed by atoms with Gasteiger partial charge in [-0.3, -0.25) is 0 Å². The van der Waals surface area contributed by atoms with Crippen molar-refractivity contribution in [2.24, 2.45) is 0 Å². The van der Waals surface area contributed by atoms with Crippen molar-refractivity contribution in [1.29, 1.82) is 0 Å². The number of hydrogen-bond acceptors (Lipinski definition) is 1. The molecule has 0 N–H and O–H groups in total. The predicted octanol–water partition coefficient (Wildman–Crippen LogP) is 14.1. The molecule has 0 aliphatic heterocycles. The van der Waals surface area contributed by atoms with E-state index in [1.54, 1.807) is 0 Å².